The van der Waals surface area contributed by atoms with E-state index in [0.29, 0.717) is 11.4 Å². The van der Waals surface area contributed by atoms with Crippen LogP contribution in [-0.2, 0) is 9.47 Å². The van der Waals surface area contributed by atoms with E-state index in [4.69, 9.17) is 15.2 Å². The molecule has 0 aliphatic rings. The molecule has 1 aromatic heterocycles. The molecule has 1 aromatic rings. The SMILES string of the molecule is COC(OC)c1cncnc1N. The lowest BCUT2D eigenvalue weighted by atomic mass is 10.3. The third kappa shape index (κ3) is 1.69. The van der Waals surface area contributed by atoms with Gasteiger partial charge in [-0.05, 0) is 0 Å². The summed E-state index contributed by atoms with van der Waals surface area (Å²) < 4.78 is 9.97. The van der Waals surface area contributed by atoms with Crippen LogP contribution in [0.15, 0.2) is 12.5 Å². The van der Waals surface area contributed by atoms with Crippen molar-refractivity contribution < 1.29 is 9.47 Å². The lowest BCUT2D eigenvalue weighted by molar-refractivity contribution is -0.105. The number of anilines is 1. The first kappa shape index (κ1) is 8.89. The summed E-state index contributed by atoms with van der Waals surface area (Å²) in [7, 11) is 3.06. The highest BCUT2D eigenvalue weighted by Gasteiger charge is 2.12. The van der Waals surface area contributed by atoms with Gasteiger partial charge in [-0.25, -0.2) is 9.97 Å². The Morgan fingerprint density at radius 2 is 2.08 bits per heavy atom. The van der Waals surface area contributed by atoms with Gasteiger partial charge in [0.2, 0.25) is 0 Å². The first-order valence-corrected chi connectivity index (χ1v) is 3.40. The van der Waals surface area contributed by atoms with Crippen molar-refractivity contribution in [2.24, 2.45) is 0 Å². The van der Waals surface area contributed by atoms with Crippen LogP contribution in [-0.4, -0.2) is 24.2 Å². The second kappa shape index (κ2) is 3.99. The summed E-state index contributed by atoms with van der Waals surface area (Å²) in [4.78, 5) is 7.61. The second-order valence-corrected chi connectivity index (χ2v) is 2.17. The van der Waals surface area contributed by atoms with Gasteiger partial charge in [-0.15, -0.1) is 0 Å². The van der Waals surface area contributed by atoms with Gasteiger partial charge in [-0.2, -0.15) is 0 Å². The molecular weight excluding hydrogens is 158 g/mol. The molecule has 0 amide bonds. The Kier molecular flexibility index (Phi) is 2.95. The fraction of sp³-hybridized carbons (Fsp3) is 0.429. The number of ether oxygens (including phenoxy) is 2. The zero-order valence-electron chi connectivity index (χ0n) is 7.02. The number of hydrogen-bond acceptors (Lipinski definition) is 5. The molecule has 0 bridgehead atoms. The van der Waals surface area contributed by atoms with E-state index >= 15 is 0 Å². The summed E-state index contributed by atoms with van der Waals surface area (Å²) in [6.45, 7) is 0. The molecule has 0 aliphatic heterocycles. The summed E-state index contributed by atoms with van der Waals surface area (Å²) in [5.41, 5.74) is 6.20. The molecule has 0 spiro atoms. The number of rotatable bonds is 3. The first-order chi connectivity index (χ1) is 5.79. The molecule has 0 fully saturated rings. The molecule has 66 valence electrons. The highest BCUT2D eigenvalue weighted by atomic mass is 16.7. The van der Waals surface area contributed by atoms with E-state index in [-0.39, 0.29) is 0 Å². The largest absolute Gasteiger partial charge is 0.383 e. The van der Waals surface area contributed by atoms with Gasteiger partial charge in [0.25, 0.3) is 0 Å². The molecule has 5 nitrogen and oxygen atoms in total. The van der Waals surface area contributed by atoms with Crippen molar-refractivity contribution >= 4 is 5.82 Å². The van der Waals surface area contributed by atoms with Crippen molar-refractivity contribution in [3.63, 3.8) is 0 Å². The van der Waals surface area contributed by atoms with Crippen molar-refractivity contribution in [2.45, 2.75) is 6.29 Å². The fourth-order valence-corrected chi connectivity index (χ4v) is 0.882. The quantitative estimate of drug-likeness (QED) is 0.661. The molecule has 0 saturated heterocycles. The van der Waals surface area contributed by atoms with Crippen LogP contribution in [0.1, 0.15) is 11.9 Å². The minimum Gasteiger partial charge on any atom is -0.383 e. The van der Waals surface area contributed by atoms with Crippen LogP contribution < -0.4 is 5.73 Å². The summed E-state index contributed by atoms with van der Waals surface area (Å²) in [5, 5.41) is 0. The van der Waals surface area contributed by atoms with E-state index in [9.17, 15) is 0 Å². The Labute approximate surface area is 70.5 Å². The average molecular weight is 169 g/mol. The standard InChI is InChI=1S/C7H11N3O2/c1-11-7(12-2)5-3-9-4-10-6(5)8/h3-4,7H,1-2H3,(H2,8,9,10). The van der Waals surface area contributed by atoms with E-state index < -0.39 is 6.29 Å². The van der Waals surface area contributed by atoms with Crippen molar-refractivity contribution in [3.8, 4) is 0 Å². The highest BCUT2D eigenvalue weighted by molar-refractivity contribution is 5.37. The van der Waals surface area contributed by atoms with Crippen molar-refractivity contribution in [3.05, 3.63) is 18.1 Å². The van der Waals surface area contributed by atoms with Crippen molar-refractivity contribution in [2.75, 3.05) is 20.0 Å². The Bertz CT molecular complexity index is 250. The van der Waals surface area contributed by atoms with Crippen LogP contribution in [0.5, 0.6) is 0 Å². The van der Waals surface area contributed by atoms with Gasteiger partial charge in [-0.1, -0.05) is 0 Å². The molecule has 5 heteroatoms. The zero-order chi connectivity index (χ0) is 8.97. The van der Waals surface area contributed by atoms with E-state index in [1.807, 2.05) is 0 Å². The number of hydrogen-bond donors (Lipinski definition) is 1. The summed E-state index contributed by atoms with van der Waals surface area (Å²) in [6, 6.07) is 0. The maximum absolute atomic E-state index is 5.56. The lowest BCUT2D eigenvalue weighted by Gasteiger charge is -2.13. The Hall–Kier alpha value is -1.20. The van der Waals surface area contributed by atoms with Crippen LogP contribution in [0.25, 0.3) is 0 Å². The molecule has 1 heterocycles. The van der Waals surface area contributed by atoms with Gasteiger partial charge in [0, 0.05) is 20.4 Å². The molecule has 1 rings (SSSR count). The van der Waals surface area contributed by atoms with Crippen molar-refractivity contribution in [1.82, 2.24) is 9.97 Å². The molecule has 0 saturated carbocycles. The molecule has 0 atom stereocenters. The summed E-state index contributed by atoms with van der Waals surface area (Å²) in [6.07, 6.45) is 2.45. The number of nitrogens with zero attached hydrogens (tertiary/aromatic N) is 2. The van der Waals surface area contributed by atoms with Gasteiger partial charge in [0.1, 0.15) is 12.1 Å². The third-order valence-electron chi connectivity index (χ3n) is 1.45. The maximum Gasteiger partial charge on any atom is 0.188 e. The average Bonchev–Trinajstić information content (AvgIpc) is 2.10. The predicted molar refractivity (Wildman–Crippen MR) is 43.2 cm³/mol. The maximum atomic E-state index is 5.56. The van der Waals surface area contributed by atoms with Gasteiger partial charge >= 0.3 is 0 Å². The normalized spacial score (nSPS) is 10.6. The molecule has 2 N–H and O–H groups in total. The fourth-order valence-electron chi connectivity index (χ4n) is 0.882. The van der Waals surface area contributed by atoms with E-state index in [1.165, 1.54) is 20.5 Å². The highest BCUT2D eigenvalue weighted by Crippen LogP contribution is 2.19. The third-order valence-corrected chi connectivity index (χ3v) is 1.45. The van der Waals surface area contributed by atoms with Crippen LogP contribution in [0, 0.1) is 0 Å². The van der Waals surface area contributed by atoms with E-state index in [1.54, 1.807) is 6.20 Å². The number of nitrogens with two attached hydrogens (primary N) is 1. The number of aromatic nitrogens is 2. The van der Waals surface area contributed by atoms with Gasteiger partial charge in [-0.3, -0.25) is 0 Å². The predicted octanol–water partition coefficient (Wildman–Crippen LogP) is 0.350. The molecular formula is C7H11N3O2. The molecule has 0 aliphatic carbocycles. The Balaban J connectivity index is 2.92. The van der Waals surface area contributed by atoms with Gasteiger partial charge < -0.3 is 15.2 Å². The van der Waals surface area contributed by atoms with E-state index in [0.717, 1.165) is 0 Å². The zero-order valence-corrected chi connectivity index (χ0v) is 7.02. The lowest BCUT2D eigenvalue weighted by Crippen LogP contribution is -2.08. The summed E-state index contributed by atoms with van der Waals surface area (Å²) in [5.74, 6) is 0.374. The van der Waals surface area contributed by atoms with Crippen LogP contribution in [0.2, 0.25) is 0 Å². The molecule has 0 radical (unpaired) electrons. The van der Waals surface area contributed by atoms with E-state index in [2.05, 4.69) is 9.97 Å². The topological polar surface area (TPSA) is 70.3 Å². The summed E-state index contributed by atoms with van der Waals surface area (Å²) >= 11 is 0. The Morgan fingerprint density at radius 1 is 1.42 bits per heavy atom. The Morgan fingerprint density at radius 3 is 2.58 bits per heavy atom. The molecule has 12 heavy (non-hydrogen) atoms. The van der Waals surface area contributed by atoms with Crippen LogP contribution >= 0.6 is 0 Å². The number of nitrogen functional groups attached to an aromatic ring is 1. The minimum absolute atomic E-state index is 0.374. The second-order valence-electron chi connectivity index (χ2n) is 2.17. The molecule has 0 aromatic carbocycles. The van der Waals surface area contributed by atoms with Gasteiger partial charge in [0.05, 0.1) is 5.56 Å². The molecule has 0 unspecified atom stereocenters. The first-order valence-electron chi connectivity index (χ1n) is 3.40. The minimum atomic E-state index is -0.494. The smallest absolute Gasteiger partial charge is 0.188 e. The monoisotopic (exact) mass is 169 g/mol. The van der Waals surface area contributed by atoms with Gasteiger partial charge in [0.15, 0.2) is 6.29 Å². The van der Waals surface area contributed by atoms with Crippen LogP contribution in [0.4, 0.5) is 5.82 Å². The number of methoxy groups -OCH3 is 2. The van der Waals surface area contributed by atoms with Crippen LogP contribution in [0.3, 0.4) is 0 Å². The van der Waals surface area contributed by atoms with Crippen molar-refractivity contribution in [1.29, 1.82) is 0 Å².